The first kappa shape index (κ1) is 19.6. The van der Waals surface area contributed by atoms with E-state index in [-0.39, 0.29) is 23.2 Å². The van der Waals surface area contributed by atoms with Gasteiger partial charge in [-0.15, -0.1) is 0 Å². The predicted molar refractivity (Wildman–Crippen MR) is 112 cm³/mol. The van der Waals surface area contributed by atoms with Crippen LogP contribution in [0.4, 0.5) is 0 Å². The highest BCUT2D eigenvalue weighted by Gasteiger charge is 2.51. The average molecular weight is 411 g/mol. The molecule has 6 heteroatoms. The third-order valence-corrected chi connectivity index (χ3v) is 7.41. The monoisotopic (exact) mass is 410 g/mol. The lowest BCUT2D eigenvalue weighted by Crippen LogP contribution is -2.47. The second-order valence-corrected chi connectivity index (χ2v) is 9.99. The molecule has 30 heavy (non-hydrogen) atoms. The van der Waals surface area contributed by atoms with E-state index in [4.69, 9.17) is 9.47 Å². The van der Waals surface area contributed by atoms with Crippen molar-refractivity contribution in [2.45, 2.75) is 57.8 Å². The highest BCUT2D eigenvalue weighted by Crippen LogP contribution is 2.61. The van der Waals surface area contributed by atoms with E-state index in [1.807, 2.05) is 0 Å². The first-order chi connectivity index (χ1) is 14.5. The molecule has 4 bridgehead atoms. The van der Waals surface area contributed by atoms with Crippen LogP contribution < -0.4 is 14.9 Å². The maximum absolute atomic E-state index is 12.6. The smallest absolute Gasteiger partial charge is 0.314 e. The summed E-state index contributed by atoms with van der Waals surface area (Å²) in [7, 11) is 1.54. The lowest BCUT2D eigenvalue weighted by Gasteiger charge is -2.56. The Morgan fingerprint density at radius 2 is 1.77 bits per heavy atom. The van der Waals surface area contributed by atoms with E-state index >= 15 is 0 Å². The van der Waals surface area contributed by atoms with Gasteiger partial charge in [0.25, 0.3) is 0 Å². The van der Waals surface area contributed by atoms with Crippen molar-refractivity contribution in [3.63, 3.8) is 0 Å². The number of nitrogens with zero attached hydrogens (tertiary/aromatic N) is 1. The van der Waals surface area contributed by atoms with E-state index in [2.05, 4.69) is 10.5 Å². The van der Waals surface area contributed by atoms with Crippen LogP contribution in [0.25, 0.3) is 0 Å². The third kappa shape index (κ3) is 4.09. The van der Waals surface area contributed by atoms with E-state index in [1.165, 1.54) is 45.6 Å². The van der Waals surface area contributed by atoms with Gasteiger partial charge in [-0.2, -0.15) is 5.10 Å². The third-order valence-electron chi connectivity index (χ3n) is 7.41. The summed E-state index contributed by atoms with van der Waals surface area (Å²) in [6, 6.07) is 5.26. The van der Waals surface area contributed by atoms with Gasteiger partial charge < -0.3 is 9.47 Å². The Bertz CT molecular complexity index is 839. The van der Waals surface area contributed by atoms with Crippen LogP contribution in [0.3, 0.4) is 0 Å². The van der Waals surface area contributed by atoms with Crippen LogP contribution >= 0.6 is 0 Å². The fourth-order valence-electron chi connectivity index (χ4n) is 6.42. The van der Waals surface area contributed by atoms with Crippen molar-refractivity contribution >= 4 is 18.1 Å². The quantitative estimate of drug-likeness (QED) is 0.318. The lowest BCUT2D eigenvalue weighted by molar-refractivity contribution is -0.136. The first-order valence-corrected chi connectivity index (χ1v) is 11.2. The number of carbonyl (C=O) groups is 2. The fourth-order valence-corrected chi connectivity index (χ4v) is 6.42. The molecule has 0 aliphatic heterocycles. The number of hydrogen-bond donors (Lipinski definition) is 1. The molecule has 1 N–H and O–H groups in total. The molecule has 5 fully saturated rings. The molecule has 5 saturated carbocycles. The molecule has 0 heterocycles. The number of rotatable bonds is 7. The summed E-state index contributed by atoms with van der Waals surface area (Å²) in [6.07, 6.45) is 11.8. The van der Waals surface area contributed by atoms with E-state index in [9.17, 15) is 9.59 Å². The number of ether oxygens (including phenoxy) is 2. The highest BCUT2D eigenvalue weighted by molar-refractivity contribution is 5.84. The fraction of sp³-hybridized carbons (Fsp3) is 0.625. The van der Waals surface area contributed by atoms with Gasteiger partial charge in [-0.05, 0) is 98.3 Å². The number of amides is 1. The summed E-state index contributed by atoms with van der Waals surface area (Å²) >= 11 is 0. The molecule has 0 unspecified atom stereocenters. The van der Waals surface area contributed by atoms with Crippen molar-refractivity contribution < 1.29 is 19.1 Å². The van der Waals surface area contributed by atoms with Crippen molar-refractivity contribution in [1.82, 2.24) is 5.43 Å². The minimum Gasteiger partial charge on any atom is -0.493 e. The minimum atomic E-state index is -0.202. The number of benzene rings is 1. The van der Waals surface area contributed by atoms with Crippen LogP contribution in [-0.4, -0.2) is 25.2 Å². The van der Waals surface area contributed by atoms with Crippen LogP contribution in [0.15, 0.2) is 23.3 Å². The van der Waals surface area contributed by atoms with E-state index < -0.39 is 0 Å². The number of methoxy groups -OCH3 is 1. The van der Waals surface area contributed by atoms with Gasteiger partial charge in [0.15, 0.2) is 11.5 Å². The molecule has 6 rings (SSSR count). The number of carbonyl (C=O) groups excluding carboxylic acids is 2. The molecule has 0 saturated heterocycles. The maximum atomic E-state index is 12.6. The Hall–Kier alpha value is -2.37. The lowest BCUT2D eigenvalue weighted by atomic mass is 9.49. The Morgan fingerprint density at radius 1 is 1.10 bits per heavy atom. The van der Waals surface area contributed by atoms with Gasteiger partial charge in [0.05, 0.1) is 19.2 Å². The zero-order valence-electron chi connectivity index (χ0n) is 17.6. The summed E-state index contributed by atoms with van der Waals surface area (Å²) < 4.78 is 10.8. The van der Waals surface area contributed by atoms with Gasteiger partial charge in [-0.25, -0.2) is 5.43 Å². The van der Waals surface area contributed by atoms with E-state index in [0.717, 1.165) is 36.2 Å². The van der Waals surface area contributed by atoms with Gasteiger partial charge in [0, 0.05) is 6.42 Å². The molecular weight excluding hydrogens is 380 g/mol. The SMILES string of the molecule is COc1cc(/C=N\NC(=O)CC23CC4CC(CC(C4)C2)C3)ccc1OC(=O)C1CC1. The Kier molecular flexibility index (Phi) is 5.03. The molecular formula is C24H30N2O4. The second-order valence-electron chi connectivity index (χ2n) is 9.99. The van der Waals surface area contributed by atoms with Gasteiger partial charge >= 0.3 is 5.97 Å². The first-order valence-electron chi connectivity index (χ1n) is 11.2. The Morgan fingerprint density at radius 3 is 2.37 bits per heavy atom. The molecule has 0 aromatic heterocycles. The normalized spacial score (nSPS) is 31.7. The van der Waals surface area contributed by atoms with Gasteiger partial charge in [-0.1, -0.05) is 0 Å². The molecule has 0 atom stereocenters. The second kappa shape index (κ2) is 7.71. The van der Waals surface area contributed by atoms with Crippen LogP contribution in [-0.2, 0) is 9.59 Å². The van der Waals surface area contributed by atoms with Gasteiger partial charge in [-0.3, -0.25) is 9.59 Å². The molecule has 160 valence electrons. The maximum Gasteiger partial charge on any atom is 0.314 e. The zero-order chi connectivity index (χ0) is 20.7. The van der Waals surface area contributed by atoms with Crippen LogP contribution in [0, 0.1) is 29.1 Å². The van der Waals surface area contributed by atoms with Crippen LogP contribution in [0.1, 0.15) is 63.4 Å². The largest absolute Gasteiger partial charge is 0.493 e. The Labute approximate surface area is 177 Å². The molecule has 1 amide bonds. The standard InChI is InChI=1S/C24H30N2O4/c1-29-21-9-15(2-5-20(21)30-23(28)19-3-4-19)14-25-26-22(27)13-24-10-16-6-17(11-24)8-18(7-16)12-24/h2,5,9,14,16-19H,3-4,6-8,10-13H2,1H3,(H,26,27)/b25-14-. The van der Waals surface area contributed by atoms with Crippen LogP contribution in [0.5, 0.6) is 11.5 Å². The molecule has 5 aliphatic carbocycles. The molecule has 6 nitrogen and oxygen atoms in total. The zero-order valence-corrected chi connectivity index (χ0v) is 17.6. The predicted octanol–water partition coefficient (Wildman–Crippen LogP) is 4.07. The van der Waals surface area contributed by atoms with Crippen molar-refractivity contribution in [3.05, 3.63) is 23.8 Å². The summed E-state index contributed by atoms with van der Waals surface area (Å²) in [5.74, 6) is 3.25. The molecule has 0 radical (unpaired) electrons. The van der Waals surface area contributed by atoms with E-state index in [1.54, 1.807) is 24.4 Å². The summed E-state index contributed by atoms with van der Waals surface area (Å²) in [4.78, 5) is 24.5. The highest BCUT2D eigenvalue weighted by atomic mass is 16.6. The van der Waals surface area contributed by atoms with Gasteiger partial charge in [0.1, 0.15) is 0 Å². The topological polar surface area (TPSA) is 77.0 Å². The molecule has 5 aliphatic rings. The molecule has 0 spiro atoms. The number of nitrogens with one attached hydrogen (secondary N) is 1. The minimum absolute atomic E-state index is 0.00940. The molecule has 1 aromatic carbocycles. The van der Waals surface area contributed by atoms with E-state index in [0.29, 0.717) is 17.9 Å². The molecule has 1 aromatic rings. The summed E-state index contributed by atoms with van der Waals surface area (Å²) in [5.41, 5.74) is 3.70. The number of hydrazone groups is 1. The van der Waals surface area contributed by atoms with Crippen molar-refractivity contribution in [1.29, 1.82) is 0 Å². The number of esters is 1. The Balaban J connectivity index is 1.17. The van der Waals surface area contributed by atoms with Crippen molar-refractivity contribution in [3.8, 4) is 11.5 Å². The summed E-state index contributed by atoms with van der Waals surface area (Å²) in [6.45, 7) is 0. The van der Waals surface area contributed by atoms with Crippen molar-refractivity contribution in [2.24, 2.45) is 34.2 Å². The average Bonchev–Trinajstić information content (AvgIpc) is 3.53. The van der Waals surface area contributed by atoms with Gasteiger partial charge in [0.2, 0.25) is 5.91 Å². The summed E-state index contributed by atoms with van der Waals surface area (Å²) in [5, 5.41) is 4.16. The van der Waals surface area contributed by atoms with Crippen LogP contribution in [0.2, 0.25) is 0 Å². The number of hydrogen-bond acceptors (Lipinski definition) is 5. The van der Waals surface area contributed by atoms with Crippen molar-refractivity contribution in [2.75, 3.05) is 7.11 Å².